The number of carboxylic acid groups (broad SMARTS) is 1. The lowest BCUT2D eigenvalue weighted by molar-refractivity contribution is -0.367. The molecule has 0 amide bonds. The highest BCUT2D eigenvalue weighted by atomic mass is 19.4. The van der Waals surface area contributed by atoms with Crippen LogP contribution in [0.25, 0.3) is 0 Å². The van der Waals surface area contributed by atoms with Gasteiger partial charge in [-0.2, -0.15) is 0 Å². The molecule has 0 saturated heterocycles. The van der Waals surface area contributed by atoms with Crippen LogP contribution in [0.2, 0.25) is 0 Å². The summed E-state index contributed by atoms with van der Waals surface area (Å²) in [7, 11) is 0. The van der Waals surface area contributed by atoms with Crippen LogP contribution in [-0.2, 0) is 15.1 Å². The predicted octanol–water partition coefficient (Wildman–Crippen LogP) is 5.11. The van der Waals surface area contributed by atoms with Gasteiger partial charge in [0.1, 0.15) is 0 Å². The summed E-state index contributed by atoms with van der Waals surface area (Å²) in [6, 6.07) is 7.34. The molecule has 1 atom stereocenters. The van der Waals surface area contributed by atoms with Gasteiger partial charge < -0.3 is 5.11 Å². The number of unbranched alkanes of at least 4 members (excludes halogenated alkanes) is 2. The van der Waals surface area contributed by atoms with Gasteiger partial charge in [-0.1, -0.05) is 63.4 Å². The Morgan fingerprint density at radius 2 is 1.74 bits per heavy atom. The standard InChI is InChI=1S/C17H23F3O3/c1-13(2)9-5-4-8-12-16(15(21)22,23-17(18,19)20)14-10-6-3-7-11-14/h3,6-7,10-11,13H,4-5,8-9,12H2,1-2H3,(H,21,22). The molecule has 3 nitrogen and oxygen atoms in total. The summed E-state index contributed by atoms with van der Waals surface area (Å²) < 4.78 is 42.5. The Balaban J connectivity index is 2.93. The number of hydrogen-bond donors (Lipinski definition) is 1. The highest BCUT2D eigenvalue weighted by Crippen LogP contribution is 2.38. The summed E-state index contributed by atoms with van der Waals surface area (Å²) in [6.07, 6.45) is -2.40. The van der Waals surface area contributed by atoms with Gasteiger partial charge in [0.15, 0.2) is 5.60 Å². The van der Waals surface area contributed by atoms with Crippen molar-refractivity contribution in [2.45, 2.75) is 57.9 Å². The largest absolute Gasteiger partial charge is 0.523 e. The first kappa shape index (κ1) is 19.5. The highest BCUT2D eigenvalue weighted by molar-refractivity contribution is 5.79. The zero-order valence-corrected chi connectivity index (χ0v) is 13.4. The molecular formula is C17H23F3O3. The average molecular weight is 332 g/mol. The van der Waals surface area contributed by atoms with Gasteiger partial charge in [-0.05, 0) is 24.3 Å². The van der Waals surface area contributed by atoms with E-state index in [1.54, 1.807) is 6.07 Å². The van der Waals surface area contributed by atoms with Crippen LogP contribution in [0.1, 0.15) is 51.5 Å². The van der Waals surface area contributed by atoms with E-state index in [1.807, 2.05) is 0 Å². The predicted molar refractivity (Wildman–Crippen MR) is 80.8 cm³/mol. The van der Waals surface area contributed by atoms with Gasteiger partial charge in [-0.3, -0.25) is 4.74 Å². The maximum atomic E-state index is 12.8. The first-order chi connectivity index (χ1) is 10.7. The van der Waals surface area contributed by atoms with Gasteiger partial charge in [0.05, 0.1) is 0 Å². The third-order valence-corrected chi connectivity index (χ3v) is 3.69. The Hall–Kier alpha value is -1.56. The van der Waals surface area contributed by atoms with Crippen molar-refractivity contribution in [1.29, 1.82) is 0 Å². The molecule has 6 heteroatoms. The number of benzene rings is 1. The quantitative estimate of drug-likeness (QED) is 0.639. The van der Waals surface area contributed by atoms with Crippen LogP contribution in [0.15, 0.2) is 30.3 Å². The summed E-state index contributed by atoms with van der Waals surface area (Å²) in [4.78, 5) is 11.6. The molecule has 0 spiro atoms. The van der Waals surface area contributed by atoms with Crippen LogP contribution in [-0.4, -0.2) is 17.4 Å². The molecule has 0 aliphatic rings. The second-order valence-corrected chi connectivity index (χ2v) is 6.04. The molecule has 0 aromatic heterocycles. The molecule has 1 rings (SSSR count). The molecule has 1 N–H and O–H groups in total. The fraction of sp³-hybridized carbons (Fsp3) is 0.588. The molecular weight excluding hydrogens is 309 g/mol. The fourth-order valence-corrected chi connectivity index (χ4v) is 2.54. The van der Waals surface area contributed by atoms with Crippen molar-refractivity contribution in [3.63, 3.8) is 0 Å². The van der Waals surface area contributed by atoms with Crippen LogP contribution in [0.4, 0.5) is 13.2 Å². The number of aliphatic carboxylic acids is 1. The minimum atomic E-state index is -5.02. The van der Waals surface area contributed by atoms with Crippen molar-refractivity contribution in [2.24, 2.45) is 5.92 Å². The lowest BCUT2D eigenvalue weighted by Gasteiger charge is -2.31. The van der Waals surface area contributed by atoms with Crippen molar-refractivity contribution < 1.29 is 27.8 Å². The van der Waals surface area contributed by atoms with Gasteiger partial charge in [-0.15, -0.1) is 13.2 Å². The molecule has 130 valence electrons. The van der Waals surface area contributed by atoms with Crippen LogP contribution in [0.3, 0.4) is 0 Å². The van der Waals surface area contributed by atoms with Crippen molar-refractivity contribution in [3.8, 4) is 0 Å². The van der Waals surface area contributed by atoms with E-state index in [0.29, 0.717) is 18.8 Å². The van der Waals surface area contributed by atoms with Gasteiger partial charge in [-0.25, -0.2) is 4.79 Å². The lowest BCUT2D eigenvalue weighted by Crippen LogP contribution is -2.43. The summed E-state index contributed by atoms with van der Waals surface area (Å²) in [5.41, 5.74) is -2.38. The number of halogens is 3. The summed E-state index contributed by atoms with van der Waals surface area (Å²) in [5, 5.41) is 9.46. The second-order valence-electron chi connectivity index (χ2n) is 6.04. The Morgan fingerprint density at radius 3 is 2.22 bits per heavy atom. The minimum absolute atomic E-state index is 0.00804. The molecule has 1 aromatic rings. The van der Waals surface area contributed by atoms with Crippen molar-refractivity contribution in [3.05, 3.63) is 35.9 Å². The lowest BCUT2D eigenvalue weighted by atomic mass is 9.87. The van der Waals surface area contributed by atoms with Crippen LogP contribution in [0, 0.1) is 5.92 Å². The molecule has 0 saturated carbocycles. The van der Waals surface area contributed by atoms with E-state index < -0.39 is 17.9 Å². The topological polar surface area (TPSA) is 46.5 Å². The van der Waals surface area contributed by atoms with Gasteiger partial charge in [0.25, 0.3) is 0 Å². The maximum absolute atomic E-state index is 12.8. The van der Waals surface area contributed by atoms with E-state index in [0.717, 1.165) is 12.8 Å². The number of carbonyl (C=O) groups is 1. The molecule has 1 unspecified atom stereocenters. The minimum Gasteiger partial charge on any atom is -0.479 e. The first-order valence-corrected chi connectivity index (χ1v) is 7.73. The van der Waals surface area contributed by atoms with Crippen molar-refractivity contribution in [2.75, 3.05) is 0 Å². The van der Waals surface area contributed by atoms with Crippen LogP contribution in [0.5, 0.6) is 0 Å². The smallest absolute Gasteiger partial charge is 0.479 e. The zero-order chi connectivity index (χ0) is 17.5. The molecule has 0 bridgehead atoms. The third kappa shape index (κ3) is 6.22. The van der Waals surface area contributed by atoms with Crippen molar-refractivity contribution >= 4 is 5.97 Å². The fourth-order valence-electron chi connectivity index (χ4n) is 2.54. The SMILES string of the molecule is CC(C)CCCCCC(OC(F)(F)F)(C(=O)O)c1ccccc1. The number of rotatable bonds is 9. The Labute approximate surface area is 134 Å². The van der Waals surface area contributed by atoms with E-state index in [-0.39, 0.29) is 12.0 Å². The monoisotopic (exact) mass is 332 g/mol. The van der Waals surface area contributed by atoms with Gasteiger partial charge in [0.2, 0.25) is 0 Å². The number of carboxylic acids is 1. The Kier molecular flexibility index (Phi) is 7.06. The van der Waals surface area contributed by atoms with E-state index in [4.69, 9.17) is 0 Å². The zero-order valence-electron chi connectivity index (χ0n) is 13.4. The van der Waals surface area contributed by atoms with E-state index >= 15 is 0 Å². The molecule has 0 heterocycles. The Bertz CT molecular complexity index is 486. The molecule has 0 aliphatic heterocycles. The van der Waals surface area contributed by atoms with Gasteiger partial charge >= 0.3 is 12.3 Å². The van der Waals surface area contributed by atoms with E-state index in [9.17, 15) is 23.1 Å². The van der Waals surface area contributed by atoms with E-state index in [2.05, 4.69) is 18.6 Å². The number of alkyl halides is 3. The summed E-state index contributed by atoms with van der Waals surface area (Å²) in [6.45, 7) is 4.14. The third-order valence-electron chi connectivity index (χ3n) is 3.69. The average Bonchev–Trinajstić information content (AvgIpc) is 2.44. The second kappa shape index (κ2) is 8.34. The molecule has 0 aliphatic carbocycles. The Morgan fingerprint density at radius 1 is 1.13 bits per heavy atom. The molecule has 1 aromatic carbocycles. The van der Waals surface area contributed by atoms with Crippen molar-refractivity contribution in [1.82, 2.24) is 0 Å². The van der Waals surface area contributed by atoms with Crippen LogP contribution < -0.4 is 0 Å². The highest BCUT2D eigenvalue weighted by Gasteiger charge is 2.50. The molecule has 23 heavy (non-hydrogen) atoms. The number of hydrogen-bond acceptors (Lipinski definition) is 2. The normalized spacial score (nSPS) is 14.7. The molecule has 0 radical (unpaired) electrons. The summed E-state index contributed by atoms with van der Waals surface area (Å²) >= 11 is 0. The first-order valence-electron chi connectivity index (χ1n) is 7.73. The van der Waals surface area contributed by atoms with E-state index in [1.165, 1.54) is 24.3 Å². The summed E-state index contributed by atoms with van der Waals surface area (Å²) in [5.74, 6) is -1.11. The maximum Gasteiger partial charge on any atom is 0.523 e. The van der Waals surface area contributed by atoms with Gasteiger partial charge in [0, 0.05) is 0 Å². The number of ether oxygens (including phenoxy) is 1. The van der Waals surface area contributed by atoms with Crippen LogP contribution >= 0.6 is 0 Å². The molecule has 0 fully saturated rings.